The number of rotatable bonds is 5. The molecule has 1 aliphatic heterocycles. The van der Waals surface area contributed by atoms with Gasteiger partial charge in [0.15, 0.2) is 11.5 Å². The Morgan fingerprint density at radius 1 is 1.24 bits per heavy atom. The zero-order chi connectivity index (χ0) is 17.6. The van der Waals surface area contributed by atoms with Crippen LogP contribution in [0.2, 0.25) is 0 Å². The molecule has 1 saturated heterocycles. The Labute approximate surface area is 147 Å². The van der Waals surface area contributed by atoms with Gasteiger partial charge in [0.1, 0.15) is 0 Å². The van der Waals surface area contributed by atoms with E-state index in [1.165, 1.54) is 0 Å². The Hall–Kier alpha value is -2.76. The summed E-state index contributed by atoms with van der Waals surface area (Å²) >= 11 is 0. The Kier molecular flexibility index (Phi) is 5.38. The van der Waals surface area contributed by atoms with Crippen molar-refractivity contribution in [2.75, 3.05) is 20.8 Å². The highest BCUT2D eigenvalue weighted by Crippen LogP contribution is 2.36. The number of ether oxygens (including phenoxy) is 2. The molecule has 6 heteroatoms. The topological polar surface area (TPSA) is 63.7 Å². The Morgan fingerprint density at radius 3 is 2.80 bits per heavy atom. The number of aromatic nitrogens is 1. The SMILES string of the molecule is COc1ccc([C@H]2CCCN2C(=O)NCc2ccccn2)cc1OC. The summed E-state index contributed by atoms with van der Waals surface area (Å²) in [7, 11) is 3.23. The molecule has 0 aliphatic carbocycles. The summed E-state index contributed by atoms with van der Waals surface area (Å²) in [5.74, 6) is 1.37. The largest absolute Gasteiger partial charge is 0.493 e. The maximum atomic E-state index is 12.6. The lowest BCUT2D eigenvalue weighted by Gasteiger charge is -2.26. The fraction of sp³-hybridized carbons (Fsp3) is 0.368. The van der Waals surface area contributed by atoms with Crippen LogP contribution in [0.5, 0.6) is 11.5 Å². The van der Waals surface area contributed by atoms with Gasteiger partial charge in [0.05, 0.1) is 32.5 Å². The van der Waals surface area contributed by atoms with Gasteiger partial charge in [0.2, 0.25) is 0 Å². The molecule has 0 spiro atoms. The molecule has 6 nitrogen and oxygen atoms in total. The second kappa shape index (κ2) is 7.88. The first-order valence-electron chi connectivity index (χ1n) is 8.39. The molecule has 1 aromatic heterocycles. The van der Waals surface area contributed by atoms with Gasteiger partial charge >= 0.3 is 6.03 Å². The molecule has 1 atom stereocenters. The average molecular weight is 341 g/mol. The number of nitrogens with zero attached hydrogens (tertiary/aromatic N) is 2. The Balaban J connectivity index is 1.70. The van der Waals surface area contributed by atoms with E-state index < -0.39 is 0 Å². The van der Waals surface area contributed by atoms with Crippen molar-refractivity contribution < 1.29 is 14.3 Å². The van der Waals surface area contributed by atoms with Crippen LogP contribution in [-0.2, 0) is 6.54 Å². The number of hydrogen-bond acceptors (Lipinski definition) is 4. The highest BCUT2D eigenvalue weighted by Gasteiger charge is 2.30. The van der Waals surface area contributed by atoms with Crippen LogP contribution in [0.15, 0.2) is 42.6 Å². The summed E-state index contributed by atoms with van der Waals surface area (Å²) < 4.78 is 10.7. The van der Waals surface area contributed by atoms with Crippen molar-refractivity contribution >= 4 is 6.03 Å². The molecule has 0 unspecified atom stereocenters. The van der Waals surface area contributed by atoms with Crippen LogP contribution >= 0.6 is 0 Å². The number of amides is 2. The van der Waals surface area contributed by atoms with E-state index in [1.54, 1.807) is 20.4 Å². The number of urea groups is 1. The molecule has 1 aliphatic rings. The minimum Gasteiger partial charge on any atom is -0.493 e. The Morgan fingerprint density at radius 2 is 2.08 bits per heavy atom. The van der Waals surface area contributed by atoms with E-state index >= 15 is 0 Å². The lowest BCUT2D eigenvalue weighted by Crippen LogP contribution is -2.39. The molecule has 1 N–H and O–H groups in total. The summed E-state index contributed by atoms with van der Waals surface area (Å²) in [4.78, 5) is 18.7. The number of likely N-dealkylation sites (tertiary alicyclic amines) is 1. The van der Waals surface area contributed by atoms with Gasteiger partial charge in [-0.15, -0.1) is 0 Å². The van der Waals surface area contributed by atoms with Crippen LogP contribution in [0.25, 0.3) is 0 Å². The minimum absolute atomic E-state index is 0.0449. The normalized spacial score (nSPS) is 16.6. The summed E-state index contributed by atoms with van der Waals surface area (Å²) in [6.07, 6.45) is 3.65. The third-order valence-corrected chi connectivity index (χ3v) is 4.45. The number of methoxy groups -OCH3 is 2. The highest BCUT2D eigenvalue weighted by molar-refractivity contribution is 5.75. The Bertz CT molecular complexity index is 721. The van der Waals surface area contributed by atoms with E-state index in [4.69, 9.17) is 9.47 Å². The lowest BCUT2D eigenvalue weighted by atomic mass is 10.0. The van der Waals surface area contributed by atoms with Crippen LogP contribution < -0.4 is 14.8 Å². The molecule has 1 fully saturated rings. The third kappa shape index (κ3) is 3.84. The number of carbonyl (C=O) groups is 1. The predicted octanol–water partition coefficient (Wildman–Crippen LogP) is 3.15. The van der Waals surface area contributed by atoms with Crippen molar-refractivity contribution in [3.63, 3.8) is 0 Å². The predicted molar refractivity (Wildman–Crippen MR) is 94.7 cm³/mol. The molecule has 2 heterocycles. The van der Waals surface area contributed by atoms with Gasteiger partial charge in [0, 0.05) is 12.7 Å². The molecular formula is C19H23N3O3. The monoisotopic (exact) mass is 341 g/mol. The molecule has 132 valence electrons. The van der Waals surface area contributed by atoms with Gasteiger partial charge in [0.25, 0.3) is 0 Å². The number of pyridine rings is 1. The molecule has 3 rings (SSSR count). The van der Waals surface area contributed by atoms with Crippen LogP contribution in [0.3, 0.4) is 0 Å². The molecule has 0 radical (unpaired) electrons. The van der Waals surface area contributed by atoms with E-state index in [0.717, 1.165) is 30.6 Å². The molecule has 0 bridgehead atoms. The quantitative estimate of drug-likeness (QED) is 0.907. The van der Waals surface area contributed by atoms with Gasteiger partial charge in [-0.3, -0.25) is 4.98 Å². The van der Waals surface area contributed by atoms with Crippen molar-refractivity contribution in [1.29, 1.82) is 0 Å². The molecule has 0 saturated carbocycles. The standard InChI is InChI=1S/C19H23N3O3/c1-24-17-9-8-14(12-18(17)25-2)16-7-5-11-22(16)19(23)21-13-15-6-3-4-10-20-15/h3-4,6,8-10,12,16H,5,7,11,13H2,1-2H3,(H,21,23)/t16-/m1/s1. The van der Waals surface area contributed by atoms with Gasteiger partial charge in [-0.05, 0) is 42.7 Å². The van der Waals surface area contributed by atoms with Gasteiger partial charge < -0.3 is 19.7 Å². The number of carbonyl (C=O) groups excluding carboxylic acids is 1. The smallest absolute Gasteiger partial charge is 0.318 e. The zero-order valence-corrected chi connectivity index (χ0v) is 14.6. The van der Waals surface area contributed by atoms with Crippen LogP contribution in [-0.4, -0.2) is 36.7 Å². The van der Waals surface area contributed by atoms with Crippen molar-refractivity contribution in [3.05, 3.63) is 53.9 Å². The summed E-state index contributed by atoms with van der Waals surface area (Å²) in [5, 5.41) is 2.96. The highest BCUT2D eigenvalue weighted by atomic mass is 16.5. The van der Waals surface area contributed by atoms with E-state index in [-0.39, 0.29) is 12.1 Å². The number of hydrogen-bond donors (Lipinski definition) is 1. The van der Waals surface area contributed by atoms with E-state index in [2.05, 4.69) is 10.3 Å². The van der Waals surface area contributed by atoms with Gasteiger partial charge in [-0.2, -0.15) is 0 Å². The first-order chi connectivity index (χ1) is 12.2. The van der Waals surface area contributed by atoms with E-state index in [0.29, 0.717) is 18.0 Å². The summed E-state index contributed by atoms with van der Waals surface area (Å²) in [6.45, 7) is 1.17. The molecule has 25 heavy (non-hydrogen) atoms. The third-order valence-electron chi connectivity index (χ3n) is 4.45. The maximum absolute atomic E-state index is 12.6. The van der Waals surface area contributed by atoms with Gasteiger partial charge in [-0.1, -0.05) is 12.1 Å². The lowest BCUT2D eigenvalue weighted by molar-refractivity contribution is 0.192. The fourth-order valence-electron chi connectivity index (χ4n) is 3.19. The van der Waals surface area contributed by atoms with Crippen molar-refractivity contribution in [2.24, 2.45) is 0 Å². The number of benzene rings is 1. The molecule has 2 amide bonds. The molecular weight excluding hydrogens is 318 g/mol. The second-order valence-electron chi connectivity index (χ2n) is 5.95. The first kappa shape index (κ1) is 17.1. The maximum Gasteiger partial charge on any atom is 0.318 e. The fourth-order valence-corrected chi connectivity index (χ4v) is 3.19. The van der Waals surface area contributed by atoms with Crippen LogP contribution in [0.4, 0.5) is 4.79 Å². The van der Waals surface area contributed by atoms with E-state index in [9.17, 15) is 4.79 Å². The van der Waals surface area contributed by atoms with Crippen LogP contribution in [0, 0.1) is 0 Å². The van der Waals surface area contributed by atoms with Crippen molar-refractivity contribution in [2.45, 2.75) is 25.4 Å². The van der Waals surface area contributed by atoms with Crippen molar-refractivity contribution in [3.8, 4) is 11.5 Å². The van der Waals surface area contributed by atoms with E-state index in [1.807, 2.05) is 41.3 Å². The first-order valence-corrected chi connectivity index (χ1v) is 8.39. The second-order valence-corrected chi connectivity index (χ2v) is 5.95. The minimum atomic E-state index is -0.0667. The van der Waals surface area contributed by atoms with Gasteiger partial charge in [-0.25, -0.2) is 4.79 Å². The summed E-state index contributed by atoms with van der Waals surface area (Å²) in [5.41, 5.74) is 1.90. The number of nitrogens with one attached hydrogen (secondary N) is 1. The average Bonchev–Trinajstić information content (AvgIpc) is 3.16. The summed E-state index contributed by atoms with van der Waals surface area (Å²) in [6, 6.07) is 11.5. The zero-order valence-electron chi connectivity index (χ0n) is 14.6. The van der Waals surface area contributed by atoms with Crippen molar-refractivity contribution in [1.82, 2.24) is 15.2 Å². The molecule has 2 aromatic rings. The molecule has 1 aromatic carbocycles. The van der Waals surface area contributed by atoms with Crippen LogP contribution in [0.1, 0.15) is 30.1 Å².